The van der Waals surface area contributed by atoms with Crippen LogP contribution in [-0.4, -0.2) is 17.8 Å². The maximum Gasteiger partial charge on any atom is 0.0583 e. The molecule has 2 aliphatic rings. The second-order valence-corrected chi connectivity index (χ2v) is 4.75. The summed E-state index contributed by atoms with van der Waals surface area (Å²) in [7, 11) is 0. The van der Waals surface area contributed by atoms with E-state index in [4.69, 9.17) is 5.73 Å². The first-order chi connectivity index (χ1) is 6.33. The lowest BCUT2D eigenvalue weighted by Gasteiger charge is -2.43. The number of hydrogen-bond donors (Lipinski definition) is 2. The minimum atomic E-state index is -0.107. The molecule has 13 heavy (non-hydrogen) atoms. The van der Waals surface area contributed by atoms with Crippen molar-refractivity contribution in [1.29, 1.82) is 0 Å². The first-order valence-corrected chi connectivity index (χ1v) is 5.71. The molecule has 4 unspecified atom stereocenters. The Balaban J connectivity index is 2.04. The highest BCUT2D eigenvalue weighted by molar-refractivity contribution is 4.89. The van der Waals surface area contributed by atoms with E-state index < -0.39 is 0 Å². The van der Waals surface area contributed by atoms with E-state index >= 15 is 0 Å². The van der Waals surface area contributed by atoms with E-state index in [1.54, 1.807) is 0 Å². The van der Waals surface area contributed by atoms with Crippen molar-refractivity contribution >= 4 is 0 Å². The predicted molar refractivity (Wildman–Crippen MR) is 53.2 cm³/mol. The molecule has 0 spiro atoms. The van der Waals surface area contributed by atoms with Gasteiger partial charge in [0, 0.05) is 5.92 Å². The molecule has 0 radical (unpaired) electrons. The van der Waals surface area contributed by atoms with E-state index in [0.717, 1.165) is 18.3 Å². The quantitative estimate of drug-likeness (QED) is 0.647. The molecule has 0 heterocycles. The molecule has 0 bridgehead atoms. The second-order valence-electron chi connectivity index (χ2n) is 4.75. The van der Waals surface area contributed by atoms with Crippen LogP contribution in [0.15, 0.2) is 0 Å². The molecule has 76 valence electrons. The highest BCUT2D eigenvalue weighted by Crippen LogP contribution is 2.43. The zero-order valence-electron chi connectivity index (χ0n) is 8.28. The predicted octanol–water partition coefficient (Wildman–Crippen LogP) is 1.52. The Morgan fingerprint density at radius 3 is 2.62 bits per heavy atom. The van der Waals surface area contributed by atoms with Crippen LogP contribution in [0.2, 0.25) is 0 Å². The van der Waals surface area contributed by atoms with Gasteiger partial charge in [-0.3, -0.25) is 0 Å². The summed E-state index contributed by atoms with van der Waals surface area (Å²) < 4.78 is 0. The van der Waals surface area contributed by atoms with Gasteiger partial charge in [0.15, 0.2) is 0 Å². The Morgan fingerprint density at radius 2 is 1.85 bits per heavy atom. The summed E-state index contributed by atoms with van der Waals surface area (Å²) in [5, 5.41) is 9.83. The number of aliphatic hydroxyl groups is 1. The van der Waals surface area contributed by atoms with Crippen LogP contribution in [0.4, 0.5) is 0 Å². The standard InChI is InChI=1S/C11H21NO/c12-7-10-9-4-2-1-3-8(9)5-6-11(10)13/h8-11,13H,1-7,12H2. The summed E-state index contributed by atoms with van der Waals surface area (Å²) in [5.74, 6) is 2.02. The van der Waals surface area contributed by atoms with Crippen molar-refractivity contribution in [3.05, 3.63) is 0 Å². The molecular formula is C11H21NO. The number of rotatable bonds is 1. The Labute approximate surface area is 80.5 Å². The molecule has 2 rings (SSSR count). The van der Waals surface area contributed by atoms with Crippen molar-refractivity contribution < 1.29 is 5.11 Å². The van der Waals surface area contributed by atoms with Crippen LogP contribution >= 0.6 is 0 Å². The van der Waals surface area contributed by atoms with Crippen LogP contribution < -0.4 is 5.73 Å². The van der Waals surface area contributed by atoms with Crippen LogP contribution in [-0.2, 0) is 0 Å². The summed E-state index contributed by atoms with van der Waals surface area (Å²) in [5.41, 5.74) is 5.74. The Bertz CT molecular complexity index is 171. The number of aliphatic hydroxyl groups excluding tert-OH is 1. The first-order valence-electron chi connectivity index (χ1n) is 5.71. The van der Waals surface area contributed by atoms with E-state index in [2.05, 4.69) is 0 Å². The molecule has 2 saturated carbocycles. The van der Waals surface area contributed by atoms with Gasteiger partial charge in [0.05, 0.1) is 6.10 Å². The summed E-state index contributed by atoms with van der Waals surface area (Å²) in [6.07, 6.45) is 7.56. The summed E-state index contributed by atoms with van der Waals surface area (Å²) >= 11 is 0. The van der Waals surface area contributed by atoms with E-state index in [1.165, 1.54) is 32.1 Å². The van der Waals surface area contributed by atoms with Gasteiger partial charge in [-0.15, -0.1) is 0 Å². The molecule has 2 fully saturated rings. The molecular weight excluding hydrogens is 162 g/mol. The molecule has 2 aliphatic carbocycles. The summed E-state index contributed by atoms with van der Waals surface area (Å²) in [6.45, 7) is 0.683. The maximum absolute atomic E-state index is 9.83. The molecule has 2 heteroatoms. The van der Waals surface area contributed by atoms with E-state index in [-0.39, 0.29) is 6.10 Å². The van der Waals surface area contributed by atoms with Crippen LogP contribution in [0, 0.1) is 17.8 Å². The van der Waals surface area contributed by atoms with Gasteiger partial charge in [-0.25, -0.2) is 0 Å². The van der Waals surface area contributed by atoms with Gasteiger partial charge >= 0.3 is 0 Å². The van der Waals surface area contributed by atoms with Crippen molar-refractivity contribution in [1.82, 2.24) is 0 Å². The van der Waals surface area contributed by atoms with Gasteiger partial charge in [-0.2, -0.15) is 0 Å². The van der Waals surface area contributed by atoms with E-state index in [0.29, 0.717) is 12.5 Å². The largest absolute Gasteiger partial charge is 0.393 e. The highest BCUT2D eigenvalue weighted by Gasteiger charge is 2.38. The van der Waals surface area contributed by atoms with Crippen LogP contribution in [0.25, 0.3) is 0 Å². The minimum Gasteiger partial charge on any atom is -0.393 e. The summed E-state index contributed by atoms with van der Waals surface area (Å²) in [6, 6.07) is 0. The molecule has 0 aromatic heterocycles. The third-order valence-electron chi connectivity index (χ3n) is 4.12. The van der Waals surface area contributed by atoms with Gasteiger partial charge in [0.2, 0.25) is 0 Å². The fourth-order valence-electron chi connectivity index (χ4n) is 3.37. The average molecular weight is 183 g/mol. The Morgan fingerprint density at radius 1 is 1.08 bits per heavy atom. The monoisotopic (exact) mass is 183 g/mol. The smallest absolute Gasteiger partial charge is 0.0583 e. The van der Waals surface area contributed by atoms with Gasteiger partial charge in [-0.1, -0.05) is 19.3 Å². The maximum atomic E-state index is 9.83. The van der Waals surface area contributed by atoms with E-state index in [9.17, 15) is 5.11 Å². The Kier molecular flexibility index (Phi) is 2.89. The molecule has 3 N–H and O–H groups in total. The molecule has 0 amide bonds. The van der Waals surface area contributed by atoms with E-state index in [1.807, 2.05) is 0 Å². The normalized spacial score (nSPS) is 45.7. The lowest BCUT2D eigenvalue weighted by Crippen LogP contribution is -2.43. The van der Waals surface area contributed by atoms with Crippen LogP contribution in [0.5, 0.6) is 0 Å². The van der Waals surface area contributed by atoms with Gasteiger partial charge in [-0.05, 0) is 37.6 Å². The summed E-state index contributed by atoms with van der Waals surface area (Å²) in [4.78, 5) is 0. The first kappa shape index (κ1) is 9.47. The molecule has 4 atom stereocenters. The third kappa shape index (κ3) is 1.75. The fraction of sp³-hybridized carbons (Fsp3) is 1.00. The second kappa shape index (κ2) is 3.97. The lowest BCUT2D eigenvalue weighted by molar-refractivity contribution is -0.0105. The Hall–Kier alpha value is -0.0800. The van der Waals surface area contributed by atoms with Crippen LogP contribution in [0.1, 0.15) is 38.5 Å². The third-order valence-corrected chi connectivity index (χ3v) is 4.12. The fourth-order valence-corrected chi connectivity index (χ4v) is 3.37. The number of hydrogen-bond acceptors (Lipinski definition) is 2. The highest BCUT2D eigenvalue weighted by atomic mass is 16.3. The number of fused-ring (bicyclic) bond motifs is 1. The molecule has 2 nitrogen and oxygen atoms in total. The molecule has 0 aliphatic heterocycles. The van der Waals surface area contributed by atoms with Crippen molar-refractivity contribution in [3.63, 3.8) is 0 Å². The number of nitrogens with two attached hydrogens (primary N) is 1. The van der Waals surface area contributed by atoms with Gasteiger partial charge < -0.3 is 10.8 Å². The van der Waals surface area contributed by atoms with Crippen LogP contribution in [0.3, 0.4) is 0 Å². The SMILES string of the molecule is NCC1C(O)CCC2CCCCC21. The van der Waals surface area contributed by atoms with Crippen molar-refractivity contribution in [2.24, 2.45) is 23.5 Å². The van der Waals surface area contributed by atoms with Gasteiger partial charge in [0.1, 0.15) is 0 Å². The van der Waals surface area contributed by atoms with Crippen molar-refractivity contribution in [2.45, 2.75) is 44.6 Å². The molecule has 0 saturated heterocycles. The molecule has 0 aromatic carbocycles. The van der Waals surface area contributed by atoms with Crippen molar-refractivity contribution in [3.8, 4) is 0 Å². The minimum absolute atomic E-state index is 0.107. The molecule has 0 aromatic rings. The average Bonchev–Trinajstić information content (AvgIpc) is 2.18. The van der Waals surface area contributed by atoms with Gasteiger partial charge in [0.25, 0.3) is 0 Å². The van der Waals surface area contributed by atoms with Crippen molar-refractivity contribution in [2.75, 3.05) is 6.54 Å². The topological polar surface area (TPSA) is 46.2 Å². The zero-order valence-corrected chi connectivity index (χ0v) is 8.28. The zero-order chi connectivity index (χ0) is 9.26. The lowest BCUT2D eigenvalue weighted by atomic mass is 9.64.